The first-order valence-electron chi connectivity index (χ1n) is 7.61. The average molecular weight is 313 g/mol. The molecule has 0 aliphatic carbocycles. The van der Waals surface area contributed by atoms with Gasteiger partial charge in [0.1, 0.15) is 11.8 Å². The summed E-state index contributed by atoms with van der Waals surface area (Å²) in [6.45, 7) is 3.99. The predicted octanol–water partition coefficient (Wildman–Crippen LogP) is 1.71. The molecule has 8 heteroatoms. The Labute approximate surface area is 133 Å². The van der Waals surface area contributed by atoms with Gasteiger partial charge in [-0.25, -0.2) is 4.68 Å². The second-order valence-electron chi connectivity index (χ2n) is 5.40. The molecule has 2 N–H and O–H groups in total. The van der Waals surface area contributed by atoms with Crippen molar-refractivity contribution >= 4 is 0 Å². The summed E-state index contributed by atoms with van der Waals surface area (Å²) in [5.74, 6) is 0.255. The smallest absolute Gasteiger partial charge is 0.205 e. The fourth-order valence-electron chi connectivity index (χ4n) is 2.83. The van der Waals surface area contributed by atoms with Crippen LogP contribution in [0.25, 0.3) is 11.3 Å². The minimum Gasteiger partial charge on any atom is -0.382 e. The van der Waals surface area contributed by atoms with Crippen LogP contribution in [-0.4, -0.2) is 40.7 Å². The summed E-state index contributed by atoms with van der Waals surface area (Å²) in [7, 11) is 0. The Bertz CT molecular complexity index is 734. The molecule has 0 aliphatic heterocycles. The van der Waals surface area contributed by atoms with Crippen LogP contribution in [0.1, 0.15) is 38.6 Å². The molecule has 1 unspecified atom stereocenters. The summed E-state index contributed by atoms with van der Waals surface area (Å²) in [5, 5.41) is 33.0. The third kappa shape index (κ3) is 2.61. The summed E-state index contributed by atoms with van der Waals surface area (Å²) >= 11 is 0. The lowest BCUT2D eigenvalue weighted by molar-refractivity contribution is 0.00854. The summed E-state index contributed by atoms with van der Waals surface area (Å²) in [6, 6.07) is 9.81. The van der Waals surface area contributed by atoms with Crippen molar-refractivity contribution in [2.24, 2.45) is 0 Å². The summed E-state index contributed by atoms with van der Waals surface area (Å²) in [4.78, 5) is 0. The molecule has 0 aliphatic rings. The molecule has 1 atom stereocenters. The largest absolute Gasteiger partial charge is 0.382 e. The Morgan fingerprint density at radius 2 is 1.91 bits per heavy atom. The van der Waals surface area contributed by atoms with Crippen molar-refractivity contribution in [3.63, 3.8) is 0 Å². The third-order valence-electron chi connectivity index (χ3n) is 4.36. The number of aromatic nitrogens is 7. The van der Waals surface area contributed by atoms with Gasteiger partial charge >= 0.3 is 0 Å². The minimum atomic E-state index is -0.929. The molecule has 1 aromatic carbocycles. The van der Waals surface area contributed by atoms with Gasteiger partial charge in [-0.15, -0.1) is 15.3 Å². The standard InChI is InChI=1S/C15H19N7O/c1-3-15(4-2,13(23)14-17-19-20-18-14)22-10-12(16-21-22)11-8-6-5-7-9-11/h5-10,13,23H,3-4H2,1-2H3,(H,17,18,19,20). The number of H-pyrrole nitrogens is 1. The van der Waals surface area contributed by atoms with E-state index in [2.05, 4.69) is 30.9 Å². The first-order valence-corrected chi connectivity index (χ1v) is 7.61. The van der Waals surface area contributed by atoms with E-state index in [1.54, 1.807) is 4.68 Å². The van der Waals surface area contributed by atoms with Crippen LogP contribution in [0.4, 0.5) is 0 Å². The van der Waals surface area contributed by atoms with Crippen LogP contribution in [0.5, 0.6) is 0 Å². The zero-order valence-electron chi connectivity index (χ0n) is 13.1. The third-order valence-corrected chi connectivity index (χ3v) is 4.36. The lowest BCUT2D eigenvalue weighted by Gasteiger charge is -2.34. The lowest BCUT2D eigenvalue weighted by Crippen LogP contribution is -2.40. The molecule has 23 heavy (non-hydrogen) atoms. The van der Waals surface area contributed by atoms with E-state index >= 15 is 0 Å². The molecule has 0 fully saturated rings. The normalized spacial score (nSPS) is 13.2. The molecule has 3 rings (SSSR count). The molecule has 2 aromatic heterocycles. The Morgan fingerprint density at radius 3 is 2.52 bits per heavy atom. The Hall–Kier alpha value is -2.61. The van der Waals surface area contributed by atoms with Gasteiger partial charge in [0.15, 0.2) is 0 Å². The predicted molar refractivity (Wildman–Crippen MR) is 83.2 cm³/mol. The zero-order valence-corrected chi connectivity index (χ0v) is 13.1. The van der Waals surface area contributed by atoms with Gasteiger partial charge < -0.3 is 5.11 Å². The van der Waals surface area contributed by atoms with Gasteiger partial charge in [0.05, 0.1) is 11.7 Å². The second kappa shape index (κ2) is 6.25. The quantitative estimate of drug-likeness (QED) is 0.717. The fourth-order valence-corrected chi connectivity index (χ4v) is 2.83. The summed E-state index contributed by atoms with van der Waals surface area (Å²) in [5.41, 5.74) is 1.07. The second-order valence-corrected chi connectivity index (χ2v) is 5.40. The molecular formula is C15H19N7O. The van der Waals surface area contributed by atoms with Crippen molar-refractivity contribution in [3.8, 4) is 11.3 Å². The number of tetrazole rings is 1. The van der Waals surface area contributed by atoms with E-state index in [0.717, 1.165) is 11.3 Å². The number of hydrogen-bond acceptors (Lipinski definition) is 6. The van der Waals surface area contributed by atoms with Crippen LogP contribution in [0, 0.1) is 0 Å². The van der Waals surface area contributed by atoms with Gasteiger partial charge in [-0.1, -0.05) is 54.6 Å². The first-order chi connectivity index (χ1) is 11.2. The first kappa shape index (κ1) is 15.3. The molecule has 0 saturated carbocycles. The van der Waals surface area contributed by atoms with Crippen molar-refractivity contribution in [1.29, 1.82) is 0 Å². The number of nitrogens with zero attached hydrogens (tertiary/aromatic N) is 6. The lowest BCUT2D eigenvalue weighted by atomic mass is 9.86. The van der Waals surface area contributed by atoms with Crippen molar-refractivity contribution < 1.29 is 5.11 Å². The Balaban J connectivity index is 2.00. The molecule has 3 aromatic rings. The van der Waals surface area contributed by atoms with E-state index < -0.39 is 11.6 Å². The van der Waals surface area contributed by atoms with Crippen LogP contribution in [0.2, 0.25) is 0 Å². The van der Waals surface area contributed by atoms with E-state index in [1.807, 2.05) is 50.4 Å². The van der Waals surface area contributed by atoms with Gasteiger partial charge in [0, 0.05) is 5.56 Å². The average Bonchev–Trinajstić information content (AvgIpc) is 3.29. The number of benzene rings is 1. The molecular weight excluding hydrogens is 294 g/mol. The molecule has 0 radical (unpaired) electrons. The number of aromatic amines is 1. The van der Waals surface area contributed by atoms with Crippen molar-refractivity contribution in [1.82, 2.24) is 35.6 Å². The number of aliphatic hydroxyl groups excluding tert-OH is 1. The van der Waals surface area contributed by atoms with Gasteiger partial charge in [0.25, 0.3) is 0 Å². The van der Waals surface area contributed by atoms with E-state index in [4.69, 9.17) is 0 Å². The van der Waals surface area contributed by atoms with Crippen LogP contribution in [0.15, 0.2) is 36.5 Å². The van der Waals surface area contributed by atoms with Gasteiger partial charge in [-0.3, -0.25) is 0 Å². The molecule has 0 amide bonds. The topological polar surface area (TPSA) is 105 Å². The summed E-state index contributed by atoms with van der Waals surface area (Å²) < 4.78 is 1.72. The number of hydrogen-bond donors (Lipinski definition) is 2. The van der Waals surface area contributed by atoms with Crippen LogP contribution in [0.3, 0.4) is 0 Å². The van der Waals surface area contributed by atoms with Crippen LogP contribution in [-0.2, 0) is 5.54 Å². The maximum atomic E-state index is 10.8. The van der Waals surface area contributed by atoms with Gasteiger partial charge in [0.2, 0.25) is 5.82 Å². The molecule has 0 saturated heterocycles. The molecule has 0 bridgehead atoms. The fraction of sp³-hybridized carbons (Fsp3) is 0.400. The highest BCUT2D eigenvalue weighted by atomic mass is 16.3. The Morgan fingerprint density at radius 1 is 1.17 bits per heavy atom. The Kier molecular flexibility index (Phi) is 4.16. The van der Waals surface area contributed by atoms with Crippen molar-refractivity contribution in [2.45, 2.75) is 38.3 Å². The molecule has 0 spiro atoms. The zero-order chi connectivity index (χ0) is 16.3. The SMILES string of the molecule is CCC(CC)(C(O)c1nn[nH]n1)n1cc(-c2ccccc2)nn1. The minimum absolute atomic E-state index is 0.255. The van der Waals surface area contributed by atoms with E-state index in [0.29, 0.717) is 12.8 Å². The summed E-state index contributed by atoms with van der Waals surface area (Å²) in [6.07, 6.45) is 2.22. The highest BCUT2D eigenvalue weighted by molar-refractivity contribution is 5.57. The van der Waals surface area contributed by atoms with Crippen LogP contribution >= 0.6 is 0 Å². The maximum absolute atomic E-state index is 10.8. The molecule has 8 nitrogen and oxygen atoms in total. The maximum Gasteiger partial charge on any atom is 0.205 e. The highest BCUT2D eigenvalue weighted by Crippen LogP contribution is 2.37. The van der Waals surface area contributed by atoms with Crippen molar-refractivity contribution in [2.75, 3.05) is 0 Å². The number of rotatable bonds is 6. The number of aliphatic hydroxyl groups is 1. The molecule has 120 valence electrons. The van der Waals surface area contributed by atoms with E-state index in [-0.39, 0.29) is 5.82 Å². The van der Waals surface area contributed by atoms with Crippen molar-refractivity contribution in [3.05, 3.63) is 42.4 Å². The molecule has 2 heterocycles. The van der Waals surface area contributed by atoms with E-state index in [9.17, 15) is 5.11 Å². The van der Waals surface area contributed by atoms with Gasteiger partial charge in [-0.2, -0.15) is 5.21 Å². The van der Waals surface area contributed by atoms with Crippen LogP contribution < -0.4 is 0 Å². The van der Waals surface area contributed by atoms with Gasteiger partial charge in [-0.05, 0) is 12.8 Å². The monoisotopic (exact) mass is 313 g/mol. The number of nitrogens with one attached hydrogen (secondary N) is 1. The van der Waals surface area contributed by atoms with E-state index in [1.165, 1.54) is 0 Å². The highest BCUT2D eigenvalue weighted by Gasteiger charge is 2.41.